The van der Waals surface area contributed by atoms with Crippen LogP contribution in [0.25, 0.3) is 99.2 Å². The minimum absolute atomic E-state index is 0.891. The van der Waals surface area contributed by atoms with E-state index < -0.39 is 0 Å². The molecule has 0 aliphatic carbocycles. The summed E-state index contributed by atoms with van der Waals surface area (Å²) in [6.45, 7) is 0. The molecule has 0 atom stereocenters. The van der Waals surface area contributed by atoms with E-state index in [1.807, 2.05) is 12.3 Å². The zero-order valence-corrected chi connectivity index (χ0v) is 28.1. The van der Waals surface area contributed by atoms with E-state index in [0.717, 1.165) is 66.6 Å². The molecule has 0 saturated heterocycles. The van der Waals surface area contributed by atoms with Gasteiger partial charge >= 0.3 is 0 Å². The van der Waals surface area contributed by atoms with Crippen LogP contribution in [0.5, 0.6) is 0 Å². The summed E-state index contributed by atoms with van der Waals surface area (Å²) >= 11 is 0. The fourth-order valence-electron chi connectivity index (χ4n) is 8.25. The Kier molecular flexibility index (Phi) is 6.22. The molecule has 0 amide bonds. The van der Waals surface area contributed by atoms with Crippen molar-refractivity contribution < 1.29 is 0 Å². The van der Waals surface area contributed by atoms with Crippen LogP contribution in [0.1, 0.15) is 0 Å². The highest BCUT2D eigenvalue weighted by Gasteiger charge is 2.18. The van der Waals surface area contributed by atoms with Gasteiger partial charge in [-0.3, -0.25) is 9.55 Å². The lowest BCUT2D eigenvalue weighted by molar-refractivity contribution is 1.10. The Balaban J connectivity index is 1.21. The Hall–Kier alpha value is -7.04. The van der Waals surface area contributed by atoms with E-state index in [4.69, 9.17) is 9.97 Å². The second-order valence-electron chi connectivity index (χ2n) is 13.4. The van der Waals surface area contributed by atoms with Crippen molar-refractivity contribution in [1.82, 2.24) is 19.1 Å². The van der Waals surface area contributed by atoms with Crippen LogP contribution in [0.4, 0.5) is 0 Å². The quantitative estimate of drug-likeness (QED) is 0.188. The number of pyridine rings is 2. The number of aromatic nitrogens is 4. The second kappa shape index (κ2) is 11.2. The van der Waals surface area contributed by atoms with E-state index in [-0.39, 0.29) is 0 Å². The highest BCUT2D eigenvalue weighted by atomic mass is 15.1. The minimum atomic E-state index is 0.891. The van der Waals surface area contributed by atoms with E-state index in [2.05, 4.69) is 179 Å². The van der Waals surface area contributed by atoms with Gasteiger partial charge in [-0.25, -0.2) is 4.98 Å². The zero-order chi connectivity index (χ0) is 34.2. The molecule has 11 rings (SSSR count). The molecule has 0 aliphatic heterocycles. The van der Waals surface area contributed by atoms with Crippen LogP contribution in [0.15, 0.2) is 182 Å². The van der Waals surface area contributed by atoms with E-state index in [0.29, 0.717) is 0 Å². The van der Waals surface area contributed by atoms with E-state index in [1.165, 1.54) is 32.6 Å². The first-order chi connectivity index (χ1) is 25.8. The molecule has 0 unspecified atom stereocenters. The predicted molar refractivity (Wildman–Crippen MR) is 217 cm³/mol. The molecule has 0 spiro atoms. The third-order valence-electron chi connectivity index (χ3n) is 10.5. The van der Waals surface area contributed by atoms with Crippen molar-refractivity contribution >= 4 is 65.4 Å². The van der Waals surface area contributed by atoms with Gasteiger partial charge in [0.2, 0.25) is 0 Å². The molecule has 0 aliphatic rings. The molecule has 4 heteroatoms. The first-order valence-electron chi connectivity index (χ1n) is 17.7. The van der Waals surface area contributed by atoms with Gasteiger partial charge in [0.15, 0.2) is 0 Å². The molecule has 7 aromatic carbocycles. The third-order valence-corrected chi connectivity index (χ3v) is 10.5. The molecule has 242 valence electrons. The molecule has 0 fully saturated rings. The molecule has 0 saturated carbocycles. The van der Waals surface area contributed by atoms with Gasteiger partial charge in [0.05, 0.1) is 33.1 Å². The largest absolute Gasteiger partial charge is 0.309 e. The van der Waals surface area contributed by atoms with Gasteiger partial charge in [0, 0.05) is 49.8 Å². The molecule has 52 heavy (non-hydrogen) atoms. The fraction of sp³-hybridized carbons (Fsp3) is 0. The van der Waals surface area contributed by atoms with Gasteiger partial charge in [-0.15, -0.1) is 0 Å². The Bertz CT molecular complexity index is 3090. The molecule has 4 heterocycles. The molecule has 0 bridgehead atoms. The van der Waals surface area contributed by atoms with Crippen LogP contribution in [0.2, 0.25) is 0 Å². The monoisotopic (exact) mass is 662 g/mol. The highest BCUT2D eigenvalue weighted by molar-refractivity contribution is 6.11. The molecule has 4 nitrogen and oxygen atoms in total. The first kappa shape index (κ1) is 28.8. The molecule has 0 radical (unpaired) electrons. The van der Waals surface area contributed by atoms with Crippen LogP contribution in [0.3, 0.4) is 0 Å². The number of benzene rings is 7. The maximum atomic E-state index is 5.42. The maximum absolute atomic E-state index is 5.42. The van der Waals surface area contributed by atoms with Crippen LogP contribution < -0.4 is 0 Å². The fourth-order valence-corrected chi connectivity index (χ4v) is 8.25. The zero-order valence-electron chi connectivity index (χ0n) is 28.1. The van der Waals surface area contributed by atoms with Gasteiger partial charge < -0.3 is 4.57 Å². The van der Waals surface area contributed by atoms with Crippen molar-refractivity contribution in [2.24, 2.45) is 0 Å². The van der Waals surface area contributed by atoms with E-state index in [1.54, 1.807) is 0 Å². The Morgan fingerprint density at radius 3 is 1.60 bits per heavy atom. The summed E-state index contributed by atoms with van der Waals surface area (Å²) in [6.07, 6.45) is 1.88. The van der Waals surface area contributed by atoms with Gasteiger partial charge in [-0.2, -0.15) is 0 Å². The van der Waals surface area contributed by atoms with Crippen molar-refractivity contribution in [3.8, 4) is 33.8 Å². The van der Waals surface area contributed by atoms with Gasteiger partial charge in [0.1, 0.15) is 5.82 Å². The average Bonchev–Trinajstić information content (AvgIpc) is 3.73. The minimum Gasteiger partial charge on any atom is -0.309 e. The van der Waals surface area contributed by atoms with Crippen molar-refractivity contribution in [1.29, 1.82) is 0 Å². The lowest BCUT2D eigenvalue weighted by Crippen LogP contribution is -2.00. The third kappa shape index (κ3) is 4.28. The van der Waals surface area contributed by atoms with Gasteiger partial charge in [0.25, 0.3) is 0 Å². The molecule has 4 aromatic heterocycles. The lowest BCUT2D eigenvalue weighted by atomic mass is 9.95. The SMILES string of the molecule is c1cc(-c2cc(-n3c4ccccc4c4ccccc43)nc3ccc(-n4c5ccccc5c5ccccc54)cc23)cc(-c2cccc3cccnc23)c1. The summed E-state index contributed by atoms with van der Waals surface area (Å²) in [6, 6.07) is 63.0. The standard InChI is InChI=1S/C48H30N4/c1-5-21-43-36(16-1)37-17-2-6-22-44(37)51(43)34-25-26-42-41(29-34)40(33-14-9-13-32(28-33)35-20-10-12-31-15-11-27-49-48(31)35)30-47(50-42)52-45-23-7-3-18-38(45)39-19-4-8-24-46(39)52/h1-30H. The number of rotatable bonds is 4. The molecule has 11 aromatic rings. The van der Waals surface area contributed by atoms with Gasteiger partial charge in [-0.05, 0) is 77.4 Å². The van der Waals surface area contributed by atoms with Crippen molar-refractivity contribution in [3.05, 3.63) is 182 Å². The van der Waals surface area contributed by atoms with E-state index in [9.17, 15) is 0 Å². The number of nitrogens with zero attached hydrogens (tertiary/aromatic N) is 4. The summed E-state index contributed by atoms with van der Waals surface area (Å²) in [4.78, 5) is 10.2. The van der Waals surface area contributed by atoms with E-state index >= 15 is 0 Å². The van der Waals surface area contributed by atoms with Crippen LogP contribution in [-0.2, 0) is 0 Å². The topological polar surface area (TPSA) is 35.6 Å². The van der Waals surface area contributed by atoms with Gasteiger partial charge in [-0.1, -0.05) is 115 Å². The van der Waals surface area contributed by atoms with Crippen molar-refractivity contribution in [2.75, 3.05) is 0 Å². The Labute approximate surface area is 299 Å². The predicted octanol–water partition coefficient (Wildman–Crippen LogP) is 12.3. The van der Waals surface area contributed by atoms with Crippen LogP contribution in [-0.4, -0.2) is 19.1 Å². The highest BCUT2D eigenvalue weighted by Crippen LogP contribution is 2.39. The van der Waals surface area contributed by atoms with Crippen LogP contribution >= 0.6 is 0 Å². The number of hydrogen-bond acceptors (Lipinski definition) is 2. The van der Waals surface area contributed by atoms with Crippen molar-refractivity contribution in [3.63, 3.8) is 0 Å². The molecule has 0 N–H and O–H groups in total. The first-order valence-corrected chi connectivity index (χ1v) is 17.7. The lowest BCUT2D eigenvalue weighted by Gasteiger charge is -2.16. The maximum Gasteiger partial charge on any atom is 0.138 e. The second-order valence-corrected chi connectivity index (χ2v) is 13.4. The summed E-state index contributed by atoms with van der Waals surface area (Å²) in [5, 5.41) is 7.15. The summed E-state index contributed by atoms with van der Waals surface area (Å²) in [5.41, 5.74) is 12.2. The number of hydrogen-bond donors (Lipinski definition) is 0. The van der Waals surface area contributed by atoms with Crippen molar-refractivity contribution in [2.45, 2.75) is 0 Å². The smallest absolute Gasteiger partial charge is 0.138 e. The number of para-hydroxylation sites is 5. The summed E-state index contributed by atoms with van der Waals surface area (Å²) in [5.74, 6) is 0.891. The Morgan fingerprint density at radius 1 is 0.385 bits per heavy atom. The molecular formula is C48H30N4. The van der Waals surface area contributed by atoms with Crippen LogP contribution in [0, 0.1) is 0 Å². The normalized spacial score (nSPS) is 11.8. The Morgan fingerprint density at radius 2 is 0.942 bits per heavy atom. The summed E-state index contributed by atoms with van der Waals surface area (Å²) in [7, 11) is 0. The molecular weight excluding hydrogens is 633 g/mol. The average molecular weight is 663 g/mol. The number of fused-ring (bicyclic) bond motifs is 8. The summed E-state index contributed by atoms with van der Waals surface area (Å²) < 4.78 is 4.69.